The van der Waals surface area contributed by atoms with Crippen molar-refractivity contribution in [1.82, 2.24) is 19.9 Å². The molecular formula is C19H22F2N4O3. The van der Waals surface area contributed by atoms with Crippen molar-refractivity contribution in [2.45, 2.75) is 39.2 Å². The van der Waals surface area contributed by atoms with E-state index in [2.05, 4.69) is 10.3 Å². The van der Waals surface area contributed by atoms with E-state index in [-0.39, 0.29) is 36.0 Å². The molecule has 28 heavy (non-hydrogen) atoms. The summed E-state index contributed by atoms with van der Waals surface area (Å²) in [6.07, 6.45) is 2.33. The Morgan fingerprint density at radius 1 is 1.32 bits per heavy atom. The quantitative estimate of drug-likeness (QED) is 0.817. The summed E-state index contributed by atoms with van der Waals surface area (Å²) in [6, 6.07) is 3.31. The summed E-state index contributed by atoms with van der Waals surface area (Å²) < 4.78 is 28.3. The normalized spacial score (nSPS) is 17.0. The van der Waals surface area contributed by atoms with Crippen LogP contribution in [0.2, 0.25) is 0 Å². The Balaban J connectivity index is 1.70. The molecule has 1 fully saturated rings. The van der Waals surface area contributed by atoms with E-state index in [0.29, 0.717) is 25.2 Å². The fourth-order valence-corrected chi connectivity index (χ4v) is 3.48. The Labute approximate surface area is 161 Å². The molecule has 1 unspecified atom stereocenters. The van der Waals surface area contributed by atoms with Crippen molar-refractivity contribution in [3.63, 3.8) is 0 Å². The summed E-state index contributed by atoms with van der Waals surface area (Å²) >= 11 is 0. The third kappa shape index (κ3) is 4.52. The third-order valence-corrected chi connectivity index (χ3v) is 5.09. The van der Waals surface area contributed by atoms with Crippen molar-refractivity contribution in [2.75, 3.05) is 13.1 Å². The average molecular weight is 392 g/mol. The number of halogens is 2. The maximum absolute atomic E-state index is 13.9. The van der Waals surface area contributed by atoms with Crippen molar-refractivity contribution >= 4 is 11.9 Å². The Bertz CT molecular complexity index is 884. The molecule has 0 aliphatic carbocycles. The summed E-state index contributed by atoms with van der Waals surface area (Å²) in [5.74, 6) is -2.29. The smallest absolute Gasteiger partial charge is 0.303 e. The second-order valence-corrected chi connectivity index (χ2v) is 7.11. The predicted molar refractivity (Wildman–Crippen MR) is 95.7 cm³/mol. The number of hydrogen-bond acceptors (Lipinski definition) is 4. The van der Waals surface area contributed by atoms with Crippen LogP contribution in [0.3, 0.4) is 0 Å². The Kier molecular flexibility index (Phi) is 6.01. The molecule has 1 atom stereocenters. The Morgan fingerprint density at radius 3 is 2.82 bits per heavy atom. The molecule has 3 rings (SSSR count). The van der Waals surface area contributed by atoms with Gasteiger partial charge in [0.1, 0.15) is 11.6 Å². The van der Waals surface area contributed by atoms with Crippen molar-refractivity contribution in [1.29, 1.82) is 0 Å². The first kappa shape index (κ1) is 19.9. The summed E-state index contributed by atoms with van der Waals surface area (Å²) in [5, 5.41) is 16.8. The summed E-state index contributed by atoms with van der Waals surface area (Å²) in [7, 11) is 0. The Hall–Kier alpha value is -2.84. The van der Waals surface area contributed by atoms with Crippen LogP contribution < -0.4 is 0 Å². The largest absolute Gasteiger partial charge is 0.481 e. The highest BCUT2D eigenvalue weighted by Crippen LogP contribution is 2.23. The maximum Gasteiger partial charge on any atom is 0.303 e. The van der Waals surface area contributed by atoms with Gasteiger partial charge in [0.05, 0.1) is 12.2 Å². The van der Waals surface area contributed by atoms with E-state index in [0.717, 1.165) is 18.9 Å². The van der Waals surface area contributed by atoms with Crippen LogP contribution in [0.15, 0.2) is 18.2 Å². The topological polar surface area (TPSA) is 88.3 Å². The Morgan fingerprint density at radius 2 is 2.11 bits per heavy atom. The van der Waals surface area contributed by atoms with Crippen LogP contribution in [-0.4, -0.2) is 50.0 Å². The van der Waals surface area contributed by atoms with Crippen LogP contribution in [0.25, 0.3) is 0 Å². The van der Waals surface area contributed by atoms with Gasteiger partial charge in [0.15, 0.2) is 5.69 Å². The molecule has 9 heteroatoms. The van der Waals surface area contributed by atoms with Gasteiger partial charge in [0.2, 0.25) is 0 Å². The zero-order valence-corrected chi connectivity index (χ0v) is 15.6. The number of hydrogen-bond donors (Lipinski definition) is 1. The number of aromatic nitrogens is 3. The minimum Gasteiger partial charge on any atom is -0.481 e. The summed E-state index contributed by atoms with van der Waals surface area (Å²) in [4.78, 5) is 25.3. The fraction of sp³-hybridized carbons (Fsp3) is 0.474. The molecule has 0 saturated carbocycles. The standard InChI is InChI=1S/C19H22F2N4O3/c1-12-18(19(28)24-8-2-3-13(10-24)4-7-17(26)27)22-23-25(12)11-14-5-6-15(20)9-16(14)21/h5-6,9,13H,2-4,7-8,10-11H2,1H3,(H,26,27). The van der Waals surface area contributed by atoms with Gasteiger partial charge in [0, 0.05) is 31.1 Å². The van der Waals surface area contributed by atoms with Crippen LogP contribution >= 0.6 is 0 Å². The molecule has 0 radical (unpaired) electrons. The summed E-state index contributed by atoms with van der Waals surface area (Å²) in [5.41, 5.74) is 0.947. The lowest BCUT2D eigenvalue weighted by Gasteiger charge is -2.32. The van der Waals surface area contributed by atoms with E-state index >= 15 is 0 Å². The molecule has 1 aliphatic rings. The first-order valence-electron chi connectivity index (χ1n) is 9.20. The molecule has 150 valence electrons. The molecule has 2 aromatic rings. The van der Waals surface area contributed by atoms with Gasteiger partial charge in [-0.15, -0.1) is 5.10 Å². The zero-order valence-electron chi connectivity index (χ0n) is 15.6. The van der Waals surface area contributed by atoms with Crippen LogP contribution in [0.1, 0.15) is 47.4 Å². The second-order valence-electron chi connectivity index (χ2n) is 7.11. The third-order valence-electron chi connectivity index (χ3n) is 5.09. The summed E-state index contributed by atoms with van der Waals surface area (Å²) in [6.45, 7) is 2.80. The highest BCUT2D eigenvalue weighted by Gasteiger charge is 2.28. The first-order valence-corrected chi connectivity index (χ1v) is 9.20. The monoisotopic (exact) mass is 392 g/mol. The number of amides is 1. The lowest BCUT2D eigenvalue weighted by Crippen LogP contribution is -2.40. The molecule has 1 aromatic carbocycles. The van der Waals surface area contributed by atoms with Crippen LogP contribution in [0.4, 0.5) is 8.78 Å². The van der Waals surface area contributed by atoms with Gasteiger partial charge in [-0.1, -0.05) is 11.3 Å². The van der Waals surface area contributed by atoms with Crippen molar-refractivity contribution in [3.05, 3.63) is 46.8 Å². The van der Waals surface area contributed by atoms with Gasteiger partial charge < -0.3 is 10.0 Å². The van der Waals surface area contributed by atoms with Gasteiger partial charge in [-0.05, 0) is 38.2 Å². The number of carbonyl (C=O) groups excluding carboxylic acids is 1. The number of carboxylic acids is 1. The molecule has 7 nitrogen and oxygen atoms in total. The molecule has 1 saturated heterocycles. The number of benzene rings is 1. The van der Waals surface area contributed by atoms with Gasteiger partial charge in [-0.2, -0.15) is 0 Å². The van der Waals surface area contributed by atoms with Crippen LogP contribution in [0.5, 0.6) is 0 Å². The first-order chi connectivity index (χ1) is 13.3. The molecule has 1 amide bonds. The van der Waals surface area contributed by atoms with Gasteiger partial charge in [0.25, 0.3) is 5.91 Å². The minimum atomic E-state index is -0.838. The number of aliphatic carboxylic acids is 1. The fourth-order valence-electron chi connectivity index (χ4n) is 3.48. The second kappa shape index (κ2) is 8.45. The average Bonchev–Trinajstić information content (AvgIpc) is 3.02. The highest BCUT2D eigenvalue weighted by atomic mass is 19.1. The molecule has 1 N–H and O–H groups in total. The van der Waals surface area contributed by atoms with Crippen molar-refractivity contribution in [3.8, 4) is 0 Å². The van der Waals surface area contributed by atoms with E-state index in [1.807, 2.05) is 0 Å². The van der Waals surface area contributed by atoms with Crippen LogP contribution in [0, 0.1) is 24.5 Å². The van der Waals surface area contributed by atoms with E-state index in [1.165, 1.54) is 16.8 Å². The SMILES string of the molecule is Cc1c(C(=O)N2CCCC(CCC(=O)O)C2)nnn1Cc1ccc(F)cc1F. The van der Waals surface area contributed by atoms with Gasteiger partial charge in [-0.3, -0.25) is 9.59 Å². The molecule has 1 aromatic heterocycles. The number of likely N-dealkylation sites (tertiary alicyclic amines) is 1. The molecule has 0 spiro atoms. The molecular weight excluding hydrogens is 370 g/mol. The molecule has 0 bridgehead atoms. The molecule has 1 aliphatic heterocycles. The number of carbonyl (C=O) groups is 2. The van der Waals surface area contributed by atoms with E-state index < -0.39 is 17.6 Å². The lowest BCUT2D eigenvalue weighted by molar-refractivity contribution is -0.137. The van der Waals surface area contributed by atoms with E-state index in [1.54, 1.807) is 11.8 Å². The molecule has 2 heterocycles. The van der Waals surface area contributed by atoms with E-state index in [9.17, 15) is 18.4 Å². The highest BCUT2D eigenvalue weighted by molar-refractivity contribution is 5.93. The number of nitrogens with zero attached hydrogens (tertiary/aromatic N) is 4. The van der Waals surface area contributed by atoms with Crippen molar-refractivity contribution < 1.29 is 23.5 Å². The van der Waals surface area contributed by atoms with E-state index in [4.69, 9.17) is 5.11 Å². The number of piperidine rings is 1. The lowest BCUT2D eigenvalue weighted by atomic mass is 9.93. The number of rotatable bonds is 6. The van der Waals surface area contributed by atoms with Crippen molar-refractivity contribution in [2.24, 2.45) is 5.92 Å². The van der Waals surface area contributed by atoms with Gasteiger partial charge in [-0.25, -0.2) is 13.5 Å². The zero-order chi connectivity index (χ0) is 20.3. The number of carboxylic acid groups (broad SMARTS) is 1. The van der Waals surface area contributed by atoms with Gasteiger partial charge >= 0.3 is 5.97 Å². The minimum absolute atomic E-state index is 0.0411. The predicted octanol–water partition coefficient (Wildman–Crippen LogP) is 2.63. The maximum atomic E-state index is 13.9. The van der Waals surface area contributed by atoms with Crippen LogP contribution in [-0.2, 0) is 11.3 Å².